The third-order valence-corrected chi connectivity index (χ3v) is 2.70. The van der Waals surface area contributed by atoms with E-state index in [-0.39, 0.29) is 12.6 Å². The van der Waals surface area contributed by atoms with E-state index in [0.717, 1.165) is 4.90 Å². The number of alkyl halides is 3. The van der Waals surface area contributed by atoms with Crippen molar-refractivity contribution in [1.29, 1.82) is 0 Å². The molecule has 4 nitrogen and oxygen atoms in total. The minimum Gasteiger partial charge on any atom is -0.332 e. The first kappa shape index (κ1) is 14.2. The molecule has 17 heavy (non-hydrogen) atoms. The van der Waals surface area contributed by atoms with Crippen molar-refractivity contribution in [2.45, 2.75) is 32.1 Å². The van der Waals surface area contributed by atoms with Crippen LogP contribution < -0.4 is 10.6 Å². The van der Waals surface area contributed by atoms with Gasteiger partial charge in [-0.1, -0.05) is 0 Å². The van der Waals surface area contributed by atoms with Crippen LogP contribution in [0.25, 0.3) is 0 Å². The van der Waals surface area contributed by atoms with Crippen LogP contribution in [0, 0.1) is 0 Å². The molecule has 0 radical (unpaired) electrons. The maximum absolute atomic E-state index is 12.3. The van der Waals surface area contributed by atoms with E-state index in [4.69, 9.17) is 0 Å². The second-order valence-corrected chi connectivity index (χ2v) is 4.24. The molecule has 1 amide bonds. The zero-order chi connectivity index (χ0) is 13.1. The van der Waals surface area contributed by atoms with E-state index in [2.05, 4.69) is 10.6 Å². The molecule has 1 aliphatic rings. The van der Waals surface area contributed by atoms with E-state index in [1.54, 1.807) is 6.92 Å². The van der Waals surface area contributed by atoms with Crippen molar-refractivity contribution in [1.82, 2.24) is 15.5 Å². The fourth-order valence-corrected chi connectivity index (χ4v) is 1.74. The Bertz CT molecular complexity index is 262. The summed E-state index contributed by atoms with van der Waals surface area (Å²) in [6, 6.07) is -0.328. The number of rotatable bonds is 3. The standard InChI is InChI=1S/C10H18F3N3O/c1-3-16(6-10(11,12)13)9(17)8-5-14-7(2)4-15-8/h7-8,14-15H,3-6H2,1-2H3. The van der Waals surface area contributed by atoms with Gasteiger partial charge < -0.3 is 15.5 Å². The largest absolute Gasteiger partial charge is 0.406 e. The molecule has 0 aromatic carbocycles. The summed E-state index contributed by atoms with van der Waals surface area (Å²) in [7, 11) is 0. The Labute approximate surface area is 98.5 Å². The van der Waals surface area contributed by atoms with E-state index < -0.39 is 24.7 Å². The van der Waals surface area contributed by atoms with Gasteiger partial charge in [0.2, 0.25) is 5.91 Å². The summed E-state index contributed by atoms with van der Waals surface area (Å²) in [5, 5.41) is 6.01. The molecule has 0 aromatic rings. The van der Waals surface area contributed by atoms with Gasteiger partial charge in [-0.3, -0.25) is 4.79 Å². The molecule has 7 heteroatoms. The highest BCUT2D eigenvalue weighted by Crippen LogP contribution is 2.17. The number of carbonyl (C=O) groups is 1. The van der Waals surface area contributed by atoms with Gasteiger partial charge in [-0.2, -0.15) is 13.2 Å². The number of carbonyl (C=O) groups excluding carboxylic acids is 1. The number of halogens is 3. The van der Waals surface area contributed by atoms with Gasteiger partial charge in [0.25, 0.3) is 0 Å². The lowest BCUT2D eigenvalue weighted by Crippen LogP contribution is -2.60. The number of likely N-dealkylation sites (N-methyl/N-ethyl adjacent to an activating group) is 1. The minimum absolute atomic E-state index is 0.0616. The molecule has 100 valence electrons. The van der Waals surface area contributed by atoms with Crippen LogP contribution in [0.1, 0.15) is 13.8 Å². The normalized spacial score (nSPS) is 25.7. The van der Waals surface area contributed by atoms with Crippen molar-refractivity contribution in [2.75, 3.05) is 26.2 Å². The smallest absolute Gasteiger partial charge is 0.332 e. The van der Waals surface area contributed by atoms with E-state index in [9.17, 15) is 18.0 Å². The highest BCUT2D eigenvalue weighted by atomic mass is 19.4. The summed E-state index contributed by atoms with van der Waals surface area (Å²) < 4.78 is 36.8. The zero-order valence-corrected chi connectivity index (χ0v) is 9.97. The molecule has 2 unspecified atom stereocenters. The number of hydrogen-bond acceptors (Lipinski definition) is 3. The first-order valence-corrected chi connectivity index (χ1v) is 5.65. The third kappa shape index (κ3) is 4.51. The van der Waals surface area contributed by atoms with Gasteiger partial charge in [0.1, 0.15) is 6.54 Å². The fraction of sp³-hybridized carbons (Fsp3) is 0.900. The molecule has 2 N–H and O–H groups in total. The van der Waals surface area contributed by atoms with E-state index in [1.807, 2.05) is 6.92 Å². The second kappa shape index (κ2) is 5.68. The summed E-state index contributed by atoms with van der Waals surface area (Å²) in [4.78, 5) is 12.7. The van der Waals surface area contributed by atoms with Gasteiger partial charge >= 0.3 is 6.18 Å². The van der Waals surface area contributed by atoms with Gasteiger partial charge in [0.05, 0.1) is 6.04 Å². The molecule has 0 bridgehead atoms. The van der Waals surface area contributed by atoms with Gasteiger partial charge in [0, 0.05) is 25.7 Å². The fourth-order valence-electron chi connectivity index (χ4n) is 1.74. The van der Waals surface area contributed by atoms with E-state index in [1.165, 1.54) is 0 Å². The van der Waals surface area contributed by atoms with E-state index in [0.29, 0.717) is 13.1 Å². The molecule has 1 fully saturated rings. The Morgan fingerprint density at radius 1 is 1.35 bits per heavy atom. The summed E-state index contributed by atoms with van der Waals surface area (Å²) in [6.45, 7) is 3.32. The number of hydrogen-bond donors (Lipinski definition) is 2. The number of nitrogens with one attached hydrogen (secondary N) is 2. The monoisotopic (exact) mass is 253 g/mol. The second-order valence-electron chi connectivity index (χ2n) is 4.24. The molecular formula is C10H18F3N3O. The van der Waals surface area contributed by atoms with Crippen LogP contribution in [-0.2, 0) is 4.79 Å². The lowest BCUT2D eigenvalue weighted by molar-refractivity contribution is -0.162. The topological polar surface area (TPSA) is 44.4 Å². The number of amides is 1. The Hall–Kier alpha value is -0.820. The van der Waals surface area contributed by atoms with Crippen molar-refractivity contribution < 1.29 is 18.0 Å². The zero-order valence-electron chi connectivity index (χ0n) is 9.97. The lowest BCUT2D eigenvalue weighted by atomic mass is 10.1. The van der Waals surface area contributed by atoms with Crippen molar-refractivity contribution >= 4 is 5.91 Å². The molecular weight excluding hydrogens is 235 g/mol. The summed E-state index contributed by atoms with van der Waals surface area (Å²) >= 11 is 0. The van der Waals surface area contributed by atoms with Crippen LogP contribution in [0.2, 0.25) is 0 Å². The molecule has 0 aliphatic carbocycles. The first-order chi connectivity index (χ1) is 7.83. The Morgan fingerprint density at radius 3 is 2.41 bits per heavy atom. The molecule has 2 atom stereocenters. The van der Waals surface area contributed by atoms with Crippen molar-refractivity contribution in [3.63, 3.8) is 0 Å². The molecule has 0 aromatic heterocycles. The maximum atomic E-state index is 12.3. The van der Waals surface area contributed by atoms with Crippen LogP contribution >= 0.6 is 0 Å². The Balaban J connectivity index is 2.54. The highest BCUT2D eigenvalue weighted by molar-refractivity contribution is 5.82. The van der Waals surface area contributed by atoms with Crippen LogP contribution in [0.3, 0.4) is 0 Å². The average molecular weight is 253 g/mol. The van der Waals surface area contributed by atoms with Crippen LogP contribution in [0.5, 0.6) is 0 Å². The van der Waals surface area contributed by atoms with Gasteiger partial charge in [0.15, 0.2) is 0 Å². The molecule has 0 saturated carbocycles. The SMILES string of the molecule is CCN(CC(F)(F)F)C(=O)C1CNC(C)CN1. The van der Waals surface area contributed by atoms with Crippen molar-refractivity contribution in [3.05, 3.63) is 0 Å². The number of nitrogens with zero attached hydrogens (tertiary/aromatic N) is 1. The first-order valence-electron chi connectivity index (χ1n) is 5.65. The summed E-state index contributed by atoms with van der Waals surface area (Å²) in [5.41, 5.74) is 0. The molecule has 1 saturated heterocycles. The predicted molar refractivity (Wildman–Crippen MR) is 57.6 cm³/mol. The van der Waals surface area contributed by atoms with Crippen LogP contribution in [0.4, 0.5) is 13.2 Å². The number of piperazine rings is 1. The van der Waals surface area contributed by atoms with Crippen molar-refractivity contribution in [2.24, 2.45) is 0 Å². The molecule has 0 spiro atoms. The summed E-state index contributed by atoms with van der Waals surface area (Å²) in [5.74, 6) is -0.496. The van der Waals surface area contributed by atoms with Gasteiger partial charge in [-0.05, 0) is 13.8 Å². The molecule has 1 aliphatic heterocycles. The predicted octanol–water partition coefficient (Wildman–Crippen LogP) is 0.347. The lowest BCUT2D eigenvalue weighted by Gasteiger charge is -2.32. The van der Waals surface area contributed by atoms with Gasteiger partial charge in [-0.15, -0.1) is 0 Å². The van der Waals surface area contributed by atoms with Crippen molar-refractivity contribution in [3.8, 4) is 0 Å². The van der Waals surface area contributed by atoms with Crippen LogP contribution in [0.15, 0.2) is 0 Å². The minimum atomic E-state index is -4.35. The third-order valence-electron chi connectivity index (χ3n) is 2.70. The van der Waals surface area contributed by atoms with Gasteiger partial charge in [-0.25, -0.2) is 0 Å². The van der Waals surface area contributed by atoms with Crippen LogP contribution in [-0.4, -0.2) is 55.2 Å². The summed E-state index contributed by atoms with van der Waals surface area (Å²) in [6.07, 6.45) is -4.35. The highest BCUT2D eigenvalue weighted by Gasteiger charge is 2.35. The maximum Gasteiger partial charge on any atom is 0.406 e. The Kier molecular flexibility index (Phi) is 4.76. The Morgan fingerprint density at radius 2 is 2.00 bits per heavy atom. The molecule has 1 heterocycles. The molecule has 1 rings (SSSR count). The van der Waals surface area contributed by atoms with E-state index >= 15 is 0 Å². The quantitative estimate of drug-likeness (QED) is 0.762. The average Bonchev–Trinajstić information content (AvgIpc) is 2.25.